The van der Waals surface area contributed by atoms with E-state index in [0.29, 0.717) is 30.8 Å². The lowest BCUT2D eigenvalue weighted by molar-refractivity contribution is -0.173. The predicted molar refractivity (Wildman–Crippen MR) is 197 cm³/mol. The first kappa shape index (κ1) is 36.7. The molecule has 19 heteroatoms. The Morgan fingerprint density at radius 3 is 2.76 bits per heavy atom. The number of hydrogen-bond acceptors (Lipinski definition) is 13. The highest BCUT2D eigenvalue weighted by atomic mass is 35.5. The molecule has 55 heavy (non-hydrogen) atoms. The number of halogens is 6. The van der Waals surface area contributed by atoms with Crippen LogP contribution in [0.2, 0.25) is 5.02 Å². The summed E-state index contributed by atoms with van der Waals surface area (Å²) in [6.07, 6.45) is -1.22. The molecule has 3 aliphatic heterocycles. The van der Waals surface area contributed by atoms with Crippen LogP contribution >= 0.6 is 22.9 Å². The Morgan fingerprint density at radius 2 is 2.00 bits per heavy atom. The van der Waals surface area contributed by atoms with Crippen LogP contribution in [-0.2, 0) is 4.84 Å². The third-order valence-electron chi connectivity index (χ3n) is 10.3. The minimum Gasteiger partial charge on any atom is -0.489 e. The zero-order valence-electron chi connectivity index (χ0n) is 29.0. The van der Waals surface area contributed by atoms with E-state index in [2.05, 4.69) is 24.9 Å². The van der Waals surface area contributed by atoms with Crippen molar-refractivity contribution < 1.29 is 36.3 Å². The van der Waals surface area contributed by atoms with Crippen molar-refractivity contribution in [1.29, 1.82) is 5.26 Å². The molecular formula is C36H31ClF5N9O3S. The van der Waals surface area contributed by atoms with Gasteiger partial charge in [-0.15, -0.1) is 11.3 Å². The van der Waals surface area contributed by atoms with Crippen LogP contribution in [-0.4, -0.2) is 76.7 Å². The van der Waals surface area contributed by atoms with Crippen molar-refractivity contribution in [2.45, 2.75) is 43.9 Å². The van der Waals surface area contributed by atoms with Gasteiger partial charge >= 0.3 is 12.2 Å². The third kappa shape index (κ3) is 6.33. The molecule has 8 rings (SSSR count). The molecule has 3 aliphatic rings. The molecule has 6 heterocycles. The Kier molecular flexibility index (Phi) is 9.21. The Balaban J connectivity index is 1.28. The van der Waals surface area contributed by atoms with E-state index in [1.807, 2.05) is 24.0 Å². The number of anilines is 3. The van der Waals surface area contributed by atoms with Crippen LogP contribution < -0.4 is 25.8 Å². The molecule has 0 spiro atoms. The van der Waals surface area contributed by atoms with Crippen LogP contribution in [0, 0.1) is 23.0 Å². The van der Waals surface area contributed by atoms with Crippen LogP contribution in [0.4, 0.5) is 38.6 Å². The molecule has 3 aromatic heterocycles. The SMILES string of the molecule is C[C@H](c1cccnc1N)N1CCOc2c(Cl)c(-c3ccc(F)c4sc(N)c(C#N)c34)c(F)c3nc(OC[C@@]45CCCN4CC(=NOCC(F)(F)F)C5)nc1c23. The van der Waals surface area contributed by atoms with Gasteiger partial charge in [0, 0.05) is 35.7 Å². The molecule has 0 amide bonds. The highest BCUT2D eigenvalue weighted by Crippen LogP contribution is 2.51. The summed E-state index contributed by atoms with van der Waals surface area (Å²) in [5.74, 6) is -0.971. The van der Waals surface area contributed by atoms with Crippen LogP contribution in [0.1, 0.15) is 43.4 Å². The molecule has 4 N–H and O–H groups in total. The van der Waals surface area contributed by atoms with Gasteiger partial charge in [-0.1, -0.05) is 28.9 Å². The second-order valence-corrected chi connectivity index (χ2v) is 15.0. The summed E-state index contributed by atoms with van der Waals surface area (Å²) < 4.78 is 83.3. The molecule has 12 nitrogen and oxygen atoms in total. The second-order valence-electron chi connectivity index (χ2n) is 13.6. The molecular weight excluding hydrogens is 769 g/mol. The number of nitrogen functional groups attached to an aromatic ring is 2. The molecule has 2 saturated heterocycles. The fraction of sp³-hybridized carbons (Fsp3) is 0.361. The van der Waals surface area contributed by atoms with Crippen molar-refractivity contribution >= 4 is 66.3 Å². The van der Waals surface area contributed by atoms with Crippen molar-refractivity contribution in [2.75, 3.05) is 55.8 Å². The van der Waals surface area contributed by atoms with Crippen molar-refractivity contribution in [3.63, 3.8) is 0 Å². The quantitative estimate of drug-likeness (QED) is 0.119. The maximum atomic E-state index is 17.4. The minimum atomic E-state index is -4.53. The molecule has 286 valence electrons. The highest BCUT2D eigenvalue weighted by molar-refractivity contribution is 7.23. The lowest BCUT2D eigenvalue weighted by atomic mass is 9.95. The smallest absolute Gasteiger partial charge is 0.425 e. The maximum absolute atomic E-state index is 17.4. The van der Waals surface area contributed by atoms with Crippen LogP contribution in [0.15, 0.2) is 35.6 Å². The Morgan fingerprint density at radius 1 is 1.18 bits per heavy atom. The van der Waals surface area contributed by atoms with Crippen molar-refractivity contribution in [1.82, 2.24) is 19.9 Å². The van der Waals surface area contributed by atoms with Crippen LogP contribution in [0.3, 0.4) is 0 Å². The van der Waals surface area contributed by atoms with Gasteiger partial charge in [0.05, 0.1) is 44.5 Å². The summed E-state index contributed by atoms with van der Waals surface area (Å²) in [4.78, 5) is 22.2. The van der Waals surface area contributed by atoms with Gasteiger partial charge in [0.25, 0.3) is 0 Å². The van der Waals surface area contributed by atoms with Gasteiger partial charge in [-0.25, -0.2) is 13.8 Å². The molecule has 2 atom stereocenters. The first-order valence-electron chi connectivity index (χ1n) is 17.2. The normalized spacial score (nSPS) is 19.7. The van der Waals surface area contributed by atoms with E-state index in [4.69, 9.17) is 37.5 Å². The molecule has 5 aromatic rings. The van der Waals surface area contributed by atoms with Gasteiger partial charge in [0.15, 0.2) is 11.6 Å². The van der Waals surface area contributed by atoms with Gasteiger partial charge in [-0.2, -0.15) is 28.4 Å². The number of rotatable bonds is 8. The van der Waals surface area contributed by atoms with Crippen molar-refractivity contribution in [3.8, 4) is 29.0 Å². The lowest BCUT2D eigenvalue weighted by Crippen LogP contribution is -2.43. The number of thiophene rings is 1. The van der Waals surface area contributed by atoms with Crippen LogP contribution in [0.5, 0.6) is 11.8 Å². The maximum Gasteiger partial charge on any atom is 0.425 e. The lowest BCUT2D eigenvalue weighted by Gasteiger charge is -2.32. The van der Waals surface area contributed by atoms with E-state index in [1.165, 1.54) is 6.07 Å². The fourth-order valence-electron chi connectivity index (χ4n) is 7.84. The Bertz CT molecular complexity index is 2440. The van der Waals surface area contributed by atoms with E-state index in [1.54, 1.807) is 12.3 Å². The minimum absolute atomic E-state index is 0.00502. The van der Waals surface area contributed by atoms with E-state index in [9.17, 15) is 18.4 Å². The number of ether oxygens (including phenoxy) is 2. The number of oxime groups is 1. The first-order valence-corrected chi connectivity index (χ1v) is 18.4. The van der Waals surface area contributed by atoms with Crippen molar-refractivity contribution in [3.05, 3.63) is 58.2 Å². The molecule has 0 radical (unpaired) electrons. The monoisotopic (exact) mass is 799 g/mol. The number of nitriles is 1. The van der Waals surface area contributed by atoms with E-state index >= 15 is 8.78 Å². The Labute approximate surface area is 319 Å². The summed E-state index contributed by atoms with van der Waals surface area (Å²) in [7, 11) is 0. The van der Waals surface area contributed by atoms with E-state index in [-0.39, 0.29) is 97.3 Å². The number of alkyl halides is 3. The number of aromatic nitrogens is 3. The van der Waals surface area contributed by atoms with Gasteiger partial charge in [-0.3, -0.25) is 4.90 Å². The topological polar surface area (TPSA) is 161 Å². The zero-order valence-corrected chi connectivity index (χ0v) is 30.6. The van der Waals surface area contributed by atoms with Gasteiger partial charge in [0.2, 0.25) is 6.61 Å². The summed E-state index contributed by atoms with van der Waals surface area (Å²) in [5, 5.41) is 13.9. The standard InChI is InChI=1S/C36H31ClF5N9O3S/c1-17(19-4-2-8-46-31(19)44)51-10-11-52-29-25-28(27(39)24(26(29)37)20-5-6-22(38)30-23(20)21(13-43)32(45)55-30)47-34(48-33(25)51)53-15-35-7-3-9-50(35)14-18(12-35)49-54-16-36(40,41)42/h2,4-6,8,17H,3,7,9-12,14-16,45H2,1H3,(H2,44,46)/t17-,35+/m1/s1. The Hall–Kier alpha value is -5.25. The number of fused-ring (bicyclic) bond motifs is 2. The summed E-state index contributed by atoms with van der Waals surface area (Å²) in [6, 6.07) is 7.38. The summed E-state index contributed by atoms with van der Waals surface area (Å²) >= 11 is 7.91. The molecule has 0 unspecified atom stereocenters. The molecule has 0 saturated carbocycles. The second kappa shape index (κ2) is 13.8. The van der Waals surface area contributed by atoms with E-state index in [0.717, 1.165) is 23.8 Å². The third-order valence-corrected chi connectivity index (χ3v) is 11.7. The van der Waals surface area contributed by atoms with Crippen molar-refractivity contribution in [2.24, 2.45) is 5.16 Å². The predicted octanol–water partition coefficient (Wildman–Crippen LogP) is 7.39. The van der Waals surface area contributed by atoms with Gasteiger partial charge < -0.3 is 30.7 Å². The van der Waals surface area contributed by atoms with Crippen LogP contribution in [0.25, 0.3) is 32.1 Å². The number of nitrogens with two attached hydrogens (primary N) is 2. The number of pyridine rings is 1. The molecule has 0 aliphatic carbocycles. The fourth-order valence-corrected chi connectivity index (χ4v) is 9.12. The molecule has 0 bridgehead atoms. The molecule has 2 aromatic carbocycles. The average Bonchev–Trinajstić information content (AvgIpc) is 3.76. The van der Waals surface area contributed by atoms with Gasteiger partial charge in [0.1, 0.15) is 47.3 Å². The molecule has 2 fully saturated rings. The number of hydrogen-bond donors (Lipinski definition) is 2. The average molecular weight is 800 g/mol. The highest BCUT2D eigenvalue weighted by Gasteiger charge is 2.48. The number of benzene rings is 2. The van der Waals surface area contributed by atoms with Gasteiger partial charge in [-0.05, 0) is 44.0 Å². The zero-order chi connectivity index (χ0) is 38.8. The largest absolute Gasteiger partial charge is 0.489 e. The summed E-state index contributed by atoms with van der Waals surface area (Å²) in [6.45, 7) is 1.64. The number of nitrogens with zero attached hydrogens (tertiary/aromatic N) is 7. The van der Waals surface area contributed by atoms with E-state index < -0.39 is 36.0 Å². The summed E-state index contributed by atoms with van der Waals surface area (Å²) in [5.41, 5.74) is 12.5. The first-order chi connectivity index (χ1) is 26.3.